The van der Waals surface area contributed by atoms with Gasteiger partial charge in [0.2, 0.25) is 5.91 Å². The van der Waals surface area contributed by atoms with Crippen LogP contribution in [-0.4, -0.2) is 18.5 Å². The van der Waals surface area contributed by atoms with Gasteiger partial charge in [-0.1, -0.05) is 6.42 Å². The summed E-state index contributed by atoms with van der Waals surface area (Å²) in [5.74, 6) is -0.283. The van der Waals surface area contributed by atoms with Crippen LogP contribution in [0, 0.1) is 12.7 Å². The number of benzene rings is 1. The fourth-order valence-electron chi connectivity index (χ4n) is 2.03. The molecule has 1 amide bonds. The summed E-state index contributed by atoms with van der Waals surface area (Å²) in [6.07, 6.45) is 3.07. The lowest BCUT2D eigenvalue weighted by Gasteiger charge is -2.22. The van der Waals surface area contributed by atoms with Crippen molar-refractivity contribution < 1.29 is 9.18 Å². The molecular weight excluding hydrogens is 255 g/mol. The number of hydrogen-bond donors (Lipinski definition) is 2. The van der Waals surface area contributed by atoms with E-state index in [0.717, 1.165) is 25.8 Å². The summed E-state index contributed by atoms with van der Waals surface area (Å²) >= 11 is 0. The number of carbonyl (C=O) groups is 1. The molecule has 1 aromatic carbocycles. The van der Waals surface area contributed by atoms with Crippen LogP contribution in [0.2, 0.25) is 0 Å². The first-order chi connectivity index (χ1) is 8.16. The second-order valence-corrected chi connectivity index (χ2v) is 4.46. The van der Waals surface area contributed by atoms with E-state index in [1.165, 1.54) is 6.07 Å². The second kappa shape index (κ2) is 6.71. The molecule has 1 atom stereocenters. The van der Waals surface area contributed by atoms with Gasteiger partial charge < -0.3 is 10.6 Å². The van der Waals surface area contributed by atoms with E-state index in [-0.39, 0.29) is 30.2 Å². The summed E-state index contributed by atoms with van der Waals surface area (Å²) in [6, 6.07) is 4.49. The molecule has 1 fully saturated rings. The molecule has 2 N–H and O–H groups in total. The number of aryl methyl sites for hydroxylation is 1. The minimum Gasteiger partial charge on any atom is -0.325 e. The van der Waals surface area contributed by atoms with E-state index >= 15 is 0 Å². The van der Waals surface area contributed by atoms with Gasteiger partial charge in [0.15, 0.2) is 0 Å². The zero-order valence-corrected chi connectivity index (χ0v) is 11.1. The van der Waals surface area contributed by atoms with Crippen LogP contribution in [0.5, 0.6) is 0 Å². The number of rotatable bonds is 2. The smallest absolute Gasteiger partial charge is 0.241 e. The Morgan fingerprint density at radius 1 is 1.44 bits per heavy atom. The maximum atomic E-state index is 13.1. The topological polar surface area (TPSA) is 41.1 Å². The average molecular weight is 273 g/mol. The summed E-state index contributed by atoms with van der Waals surface area (Å²) in [6.45, 7) is 2.57. The van der Waals surface area contributed by atoms with Gasteiger partial charge >= 0.3 is 0 Å². The monoisotopic (exact) mass is 272 g/mol. The minimum absolute atomic E-state index is 0. The van der Waals surface area contributed by atoms with Gasteiger partial charge in [0.25, 0.3) is 0 Å². The quantitative estimate of drug-likeness (QED) is 0.869. The summed E-state index contributed by atoms with van der Waals surface area (Å²) in [7, 11) is 0. The first kappa shape index (κ1) is 14.9. The van der Waals surface area contributed by atoms with Gasteiger partial charge in [0, 0.05) is 5.69 Å². The number of amides is 1. The summed E-state index contributed by atoms with van der Waals surface area (Å²) in [5.41, 5.74) is 1.20. The summed E-state index contributed by atoms with van der Waals surface area (Å²) < 4.78 is 13.1. The Labute approximate surface area is 113 Å². The van der Waals surface area contributed by atoms with Crippen LogP contribution in [0.4, 0.5) is 10.1 Å². The molecule has 1 aliphatic heterocycles. The molecule has 2 rings (SSSR count). The van der Waals surface area contributed by atoms with Gasteiger partial charge in [-0.25, -0.2) is 4.39 Å². The molecule has 1 heterocycles. The molecular formula is C13H18ClFN2O. The first-order valence-corrected chi connectivity index (χ1v) is 5.97. The zero-order chi connectivity index (χ0) is 12.3. The molecule has 1 aliphatic rings. The lowest BCUT2D eigenvalue weighted by atomic mass is 10.0. The Morgan fingerprint density at radius 3 is 2.83 bits per heavy atom. The number of hydrogen-bond acceptors (Lipinski definition) is 2. The third kappa shape index (κ3) is 3.68. The molecule has 3 nitrogen and oxygen atoms in total. The fraction of sp³-hybridized carbons (Fsp3) is 0.462. The average Bonchev–Trinajstić information content (AvgIpc) is 2.35. The molecule has 18 heavy (non-hydrogen) atoms. The van der Waals surface area contributed by atoms with Gasteiger partial charge in [0.1, 0.15) is 5.82 Å². The third-order valence-electron chi connectivity index (χ3n) is 3.05. The molecule has 0 radical (unpaired) electrons. The Hall–Kier alpha value is -1.13. The summed E-state index contributed by atoms with van der Waals surface area (Å²) in [4.78, 5) is 11.9. The largest absolute Gasteiger partial charge is 0.325 e. The van der Waals surface area contributed by atoms with Crippen molar-refractivity contribution in [3.63, 3.8) is 0 Å². The minimum atomic E-state index is -0.251. The van der Waals surface area contributed by atoms with E-state index in [4.69, 9.17) is 0 Å². The SMILES string of the molecule is Cc1cc(NC(=O)[C@@H]2CCCCN2)ccc1F.Cl. The van der Waals surface area contributed by atoms with Gasteiger partial charge in [-0.15, -0.1) is 12.4 Å². The Morgan fingerprint density at radius 2 is 2.22 bits per heavy atom. The van der Waals surface area contributed by atoms with Crippen LogP contribution < -0.4 is 10.6 Å². The number of carbonyl (C=O) groups excluding carboxylic acids is 1. The Kier molecular flexibility index (Phi) is 5.56. The van der Waals surface area contributed by atoms with Crippen LogP contribution in [0.1, 0.15) is 24.8 Å². The highest BCUT2D eigenvalue weighted by Crippen LogP contribution is 2.15. The normalized spacial score (nSPS) is 18.9. The van der Waals surface area contributed by atoms with Crippen molar-refractivity contribution in [2.24, 2.45) is 0 Å². The number of nitrogens with one attached hydrogen (secondary N) is 2. The van der Waals surface area contributed by atoms with Gasteiger partial charge in [0.05, 0.1) is 6.04 Å². The third-order valence-corrected chi connectivity index (χ3v) is 3.05. The van der Waals surface area contributed by atoms with Crippen LogP contribution >= 0.6 is 12.4 Å². The number of halogens is 2. The van der Waals surface area contributed by atoms with E-state index in [0.29, 0.717) is 11.3 Å². The molecule has 0 aromatic heterocycles. The highest BCUT2D eigenvalue weighted by molar-refractivity contribution is 5.94. The molecule has 5 heteroatoms. The maximum Gasteiger partial charge on any atom is 0.241 e. The van der Waals surface area contributed by atoms with E-state index in [2.05, 4.69) is 10.6 Å². The highest BCUT2D eigenvalue weighted by atomic mass is 35.5. The standard InChI is InChI=1S/C13H17FN2O.ClH/c1-9-8-10(5-6-11(9)14)16-13(17)12-4-2-3-7-15-12;/h5-6,8,12,15H,2-4,7H2,1H3,(H,16,17);1H/t12-;/m0./s1. The van der Waals surface area contributed by atoms with E-state index in [1.807, 2.05) is 0 Å². The van der Waals surface area contributed by atoms with Gasteiger partial charge in [-0.3, -0.25) is 4.79 Å². The van der Waals surface area contributed by atoms with Crippen molar-refractivity contribution in [3.05, 3.63) is 29.6 Å². The molecule has 0 bridgehead atoms. The lowest BCUT2D eigenvalue weighted by molar-refractivity contribution is -0.118. The molecule has 0 spiro atoms. The number of anilines is 1. The molecule has 0 aliphatic carbocycles. The Balaban J connectivity index is 0.00000162. The van der Waals surface area contributed by atoms with E-state index in [1.54, 1.807) is 19.1 Å². The molecule has 0 unspecified atom stereocenters. The maximum absolute atomic E-state index is 13.1. The predicted octanol–water partition coefficient (Wildman–Crippen LogP) is 2.64. The van der Waals surface area contributed by atoms with Crippen molar-refractivity contribution in [2.75, 3.05) is 11.9 Å². The summed E-state index contributed by atoms with van der Waals surface area (Å²) in [5, 5.41) is 5.99. The van der Waals surface area contributed by atoms with Crippen molar-refractivity contribution in [1.82, 2.24) is 5.32 Å². The van der Waals surface area contributed by atoms with Crippen LogP contribution in [0.25, 0.3) is 0 Å². The van der Waals surface area contributed by atoms with Crippen molar-refractivity contribution >= 4 is 24.0 Å². The van der Waals surface area contributed by atoms with Crippen molar-refractivity contribution in [2.45, 2.75) is 32.2 Å². The number of piperidine rings is 1. The van der Waals surface area contributed by atoms with Crippen LogP contribution in [0.15, 0.2) is 18.2 Å². The van der Waals surface area contributed by atoms with Crippen LogP contribution in [0.3, 0.4) is 0 Å². The second-order valence-electron chi connectivity index (χ2n) is 4.46. The van der Waals surface area contributed by atoms with E-state index < -0.39 is 0 Å². The van der Waals surface area contributed by atoms with Gasteiger partial charge in [-0.2, -0.15) is 0 Å². The molecule has 100 valence electrons. The van der Waals surface area contributed by atoms with Crippen molar-refractivity contribution in [1.29, 1.82) is 0 Å². The first-order valence-electron chi connectivity index (χ1n) is 5.97. The molecule has 1 aromatic rings. The van der Waals surface area contributed by atoms with E-state index in [9.17, 15) is 9.18 Å². The zero-order valence-electron chi connectivity index (χ0n) is 10.3. The predicted molar refractivity (Wildman–Crippen MR) is 72.7 cm³/mol. The Bertz CT molecular complexity index is 419. The fourth-order valence-corrected chi connectivity index (χ4v) is 2.03. The molecule has 0 saturated carbocycles. The molecule has 1 saturated heterocycles. The lowest BCUT2D eigenvalue weighted by Crippen LogP contribution is -2.43. The van der Waals surface area contributed by atoms with Gasteiger partial charge in [-0.05, 0) is 50.1 Å². The van der Waals surface area contributed by atoms with Crippen LogP contribution in [-0.2, 0) is 4.79 Å². The van der Waals surface area contributed by atoms with Crippen molar-refractivity contribution in [3.8, 4) is 0 Å². The highest BCUT2D eigenvalue weighted by Gasteiger charge is 2.20.